The Morgan fingerprint density at radius 2 is 1.85 bits per heavy atom. The molecule has 6 rings (SSSR count). The molecule has 2 saturated carbocycles. The minimum Gasteiger partial charge on any atom is -0.348 e. The molecule has 0 spiro atoms. The fourth-order valence-electron chi connectivity index (χ4n) is 7.64. The van der Waals surface area contributed by atoms with Gasteiger partial charge in [-0.15, -0.1) is 0 Å². The van der Waals surface area contributed by atoms with Crippen LogP contribution in [-0.2, 0) is 0 Å². The molecule has 4 aliphatic rings. The zero-order valence-electron chi connectivity index (χ0n) is 21.5. The average Bonchev–Trinajstić information content (AvgIpc) is 3.29. The van der Waals surface area contributed by atoms with Gasteiger partial charge >= 0.3 is 6.18 Å². The van der Waals surface area contributed by atoms with E-state index in [1.807, 2.05) is 11.2 Å². The van der Waals surface area contributed by atoms with Crippen molar-refractivity contribution in [3.63, 3.8) is 0 Å². The van der Waals surface area contributed by atoms with Gasteiger partial charge in [0.15, 0.2) is 0 Å². The van der Waals surface area contributed by atoms with E-state index in [9.17, 15) is 26.7 Å². The van der Waals surface area contributed by atoms with E-state index >= 15 is 0 Å². The monoisotopic (exact) mass is 543 g/mol. The number of halogens is 5. The van der Waals surface area contributed by atoms with E-state index in [1.54, 1.807) is 18.2 Å². The van der Waals surface area contributed by atoms with Crippen molar-refractivity contribution in [3.05, 3.63) is 77.4 Å². The molecule has 39 heavy (non-hydrogen) atoms. The maximum absolute atomic E-state index is 14.2. The van der Waals surface area contributed by atoms with Crippen LogP contribution in [0.25, 0.3) is 0 Å². The van der Waals surface area contributed by atoms with Crippen molar-refractivity contribution < 1.29 is 26.7 Å². The highest BCUT2D eigenvalue weighted by Crippen LogP contribution is 2.60. The topological polar surface area (TPSA) is 44.7 Å². The first-order valence-corrected chi connectivity index (χ1v) is 13.5. The molecule has 0 aromatic heterocycles. The van der Waals surface area contributed by atoms with Crippen LogP contribution < -0.4 is 10.3 Å². The highest BCUT2D eigenvalue weighted by atomic mass is 19.4. The minimum absolute atomic E-state index is 0.00971. The highest BCUT2D eigenvalue weighted by molar-refractivity contribution is 5.94. The Bertz CT molecular complexity index is 1320. The standard InChI is InChI=1S/C30H30F5N3O/c1-29-15-18-16-36-38(22-8-6-20(31)7-9-22)26(18)14-19(29)5-10-23-24(29)11-12-25(30(33,34)35)27(23)37-28(39)17-3-2-4-21(32)13-17/h2-4,6-9,11,13,16,18-19,23,25-27H,5,10,12,14-15H2,1H3,(H,37,39)/t18?,19?,23?,25-,26?,27-,29+/m1/s1. The largest absolute Gasteiger partial charge is 0.394 e. The molecule has 1 N–H and O–H groups in total. The van der Waals surface area contributed by atoms with Crippen LogP contribution >= 0.6 is 0 Å². The van der Waals surface area contributed by atoms with Crippen LogP contribution in [0.4, 0.5) is 27.6 Å². The summed E-state index contributed by atoms with van der Waals surface area (Å²) in [7, 11) is 0. The van der Waals surface area contributed by atoms with Crippen LogP contribution in [0.2, 0.25) is 0 Å². The lowest BCUT2D eigenvalue weighted by atomic mass is 9.50. The first-order chi connectivity index (χ1) is 18.5. The number of hydrogen-bond donors (Lipinski definition) is 1. The quantitative estimate of drug-likeness (QED) is 0.339. The second-order valence-electron chi connectivity index (χ2n) is 11.6. The number of hydrogen-bond acceptors (Lipinski definition) is 3. The number of benzene rings is 2. The number of carbonyl (C=O) groups excluding carboxylic acids is 1. The molecule has 2 aromatic carbocycles. The van der Waals surface area contributed by atoms with Crippen molar-refractivity contribution in [2.24, 2.45) is 34.2 Å². The van der Waals surface area contributed by atoms with E-state index in [2.05, 4.69) is 17.3 Å². The summed E-state index contributed by atoms with van der Waals surface area (Å²) in [6, 6.07) is 10.3. The van der Waals surface area contributed by atoms with Gasteiger partial charge in [0.05, 0.1) is 17.6 Å². The lowest BCUT2D eigenvalue weighted by Crippen LogP contribution is -2.57. The Morgan fingerprint density at radius 1 is 1.08 bits per heavy atom. The molecule has 7 atom stereocenters. The van der Waals surface area contributed by atoms with Gasteiger partial charge in [-0.25, -0.2) is 8.78 Å². The van der Waals surface area contributed by atoms with Gasteiger partial charge in [-0.1, -0.05) is 24.6 Å². The second-order valence-corrected chi connectivity index (χ2v) is 11.6. The molecular formula is C30H30F5N3O. The Kier molecular flexibility index (Phi) is 6.31. The van der Waals surface area contributed by atoms with E-state index < -0.39 is 35.8 Å². The molecule has 0 saturated heterocycles. The third kappa shape index (κ3) is 4.53. The molecule has 0 radical (unpaired) electrons. The van der Waals surface area contributed by atoms with Crippen LogP contribution in [0.1, 0.15) is 49.4 Å². The number of anilines is 1. The number of rotatable bonds is 3. The molecule has 2 aromatic rings. The maximum atomic E-state index is 14.2. The van der Waals surface area contributed by atoms with E-state index in [-0.39, 0.29) is 41.1 Å². The minimum atomic E-state index is -4.48. The number of hydrazone groups is 1. The van der Waals surface area contributed by atoms with Crippen LogP contribution in [0, 0.1) is 40.7 Å². The zero-order chi connectivity index (χ0) is 27.5. The third-order valence-electron chi connectivity index (χ3n) is 9.52. The molecule has 4 unspecified atom stereocenters. The van der Waals surface area contributed by atoms with E-state index in [1.165, 1.54) is 30.3 Å². The predicted octanol–water partition coefficient (Wildman–Crippen LogP) is 6.89. The second kappa shape index (κ2) is 9.45. The van der Waals surface area contributed by atoms with Crippen molar-refractivity contribution in [1.29, 1.82) is 0 Å². The lowest BCUT2D eigenvalue weighted by Gasteiger charge is -2.56. The van der Waals surface area contributed by atoms with Crippen molar-refractivity contribution >= 4 is 17.8 Å². The van der Waals surface area contributed by atoms with Crippen LogP contribution in [0.15, 0.2) is 65.3 Å². The number of nitrogens with one attached hydrogen (secondary N) is 1. The zero-order valence-corrected chi connectivity index (χ0v) is 21.5. The van der Waals surface area contributed by atoms with Gasteiger partial charge in [0.1, 0.15) is 11.6 Å². The number of fused-ring (bicyclic) bond motifs is 4. The van der Waals surface area contributed by atoms with Crippen molar-refractivity contribution in [1.82, 2.24) is 5.32 Å². The average molecular weight is 544 g/mol. The molecule has 1 heterocycles. The number of carbonyl (C=O) groups is 1. The highest BCUT2D eigenvalue weighted by Gasteiger charge is 2.58. The summed E-state index contributed by atoms with van der Waals surface area (Å²) in [6.45, 7) is 2.15. The lowest BCUT2D eigenvalue weighted by molar-refractivity contribution is -0.187. The fraction of sp³-hybridized carbons (Fsp3) is 0.467. The molecule has 9 heteroatoms. The van der Waals surface area contributed by atoms with Crippen LogP contribution in [-0.4, -0.2) is 30.4 Å². The first-order valence-electron chi connectivity index (χ1n) is 13.5. The fourth-order valence-corrected chi connectivity index (χ4v) is 7.64. The van der Waals surface area contributed by atoms with Gasteiger partial charge in [0, 0.05) is 29.7 Å². The summed E-state index contributed by atoms with van der Waals surface area (Å²) < 4.78 is 69.9. The molecule has 206 valence electrons. The number of allylic oxidation sites excluding steroid dienone is 1. The smallest absolute Gasteiger partial charge is 0.348 e. The predicted molar refractivity (Wildman–Crippen MR) is 138 cm³/mol. The summed E-state index contributed by atoms with van der Waals surface area (Å²) in [5.74, 6) is -3.42. The van der Waals surface area contributed by atoms with Gasteiger partial charge < -0.3 is 5.32 Å². The normalized spacial score (nSPS) is 33.6. The maximum Gasteiger partial charge on any atom is 0.394 e. The molecule has 4 nitrogen and oxygen atoms in total. The summed E-state index contributed by atoms with van der Waals surface area (Å²) in [5, 5.41) is 9.27. The molecule has 3 aliphatic carbocycles. The summed E-state index contributed by atoms with van der Waals surface area (Å²) in [6.07, 6.45) is 1.85. The van der Waals surface area contributed by atoms with Gasteiger partial charge in [-0.3, -0.25) is 9.80 Å². The third-order valence-corrected chi connectivity index (χ3v) is 9.52. The van der Waals surface area contributed by atoms with Crippen molar-refractivity contribution in [2.45, 2.75) is 57.3 Å². The molecule has 1 aliphatic heterocycles. The summed E-state index contributed by atoms with van der Waals surface area (Å²) in [4.78, 5) is 13.0. The van der Waals surface area contributed by atoms with Gasteiger partial charge in [-0.2, -0.15) is 18.3 Å². The molecule has 1 amide bonds. The first kappa shape index (κ1) is 26.0. The summed E-state index contributed by atoms with van der Waals surface area (Å²) in [5.41, 5.74) is 1.50. The van der Waals surface area contributed by atoms with E-state index in [4.69, 9.17) is 0 Å². The molecular weight excluding hydrogens is 513 g/mol. The van der Waals surface area contributed by atoms with Gasteiger partial charge in [0.25, 0.3) is 5.91 Å². The Hall–Kier alpha value is -3.23. The molecule has 2 fully saturated rings. The van der Waals surface area contributed by atoms with Crippen molar-refractivity contribution in [3.8, 4) is 0 Å². The van der Waals surface area contributed by atoms with Gasteiger partial charge in [0.2, 0.25) is 0 Å². The number of amides is 1. The number of nitrogens with zero attached hydrogens (tertiary/aromatic N) is 2. The Balaban J connectivity index is 1.27. The van der Waals surface area contributed by atoms with E-state index in [0.717, 1.165) is 36.6 Å². The van der Waals surface area contributed by atoms with Crippen LogP contribution in [0.3, 0.4) is 0 Å². The number of alkyl halides is 3. The van der Waals surface area contributed by atoms with Crippen LogP contribution in [0.5, 0.6) is 0 Å². The molecule has 0 bridgehead atoms. The Morgan fingerprint density at radius 3 is 2.56 bits per heavy atom. The SMILES string of the molecule is C[C@]12CC3C=NN(c4ccc(F)cc4)C3CC1CCC1C2=CC[C@@H](C(F)(F)F)[C@@H]1NC(=O)c1cccc(F)c1. The van der Waals surface area contributed by atoms with Gasteiger partial charge in [-0.05, 0) is 85.9 Å². The van der Waals surface area contributed by atoms with E-state index in [0.29, 0.717) is 6.42 Å². The summed E-state index contributed by atoms with van der Waals surface area (Å²) >= 11 is 0. The Labute approximate surface area is 224 Å². The van der Waals surface area contributed by atoms with Crippen molar-refractivity contribution in [2.75, 3.05) is 5.01 Å².